The first-order valence-electron chi connectivity index (χ1n) is 7.51. The van der Waals surface area contributed by atoms with E-state index in [1.807, 2.05) is 12.1 Å². The van der Waals surface area contributed by atoms with Crippen LogP contribution in [0.5, 0.6) is 0 Å². The number of benzene rings is 1. The van der Waals surface area contributed by atoms with Gasteiger partial charge in [0, 0.05) is 22.4 Å². The van der Waals surface area contributed by atoms with E-state index < -0.39 is 0 Å². The molecule has 0 aliphatic heterocycles. The molecule has 23 heavy (non-hydrogen) atoms. The van der Waals surface area contributed by atoms with E-state index in [-0.39, 0.29) is 17.7 Å². The molecule has 1 saturated carbocycles. The van der Waals surface area contributed by atoms with Gasteiger partial charge >= 0.3 is 0 Å². The minimum Gasteiger partial charge on any atom is -0.300 e. The van der Waals surface area contributed by atoms with Crippen LogP contribution in [0.4, 0.5) is 5.13 Å². The Bertz CT molecular complexity index is 712. The fraction of sp³-hybridized carbons (Fsp3) is 0.438. The molecule has 2 aromatic rings. The summed E-state index contributed by atoms with van der Waals surface area (Å²) in [4.78, 5) is 12.3. The van der Waals surface area contributed by atoms with Crippen LogP contribution in [0.15, 0.2) is 18.2 Å². The standard InChI is InChI=1S/C16H17Cl2N3OS/c1-8(2)3-14-20-21-16(23-14)19-15(22)13-7-12(13)9-4-10(17)6-11(18)5-9/h4-6,8,12-13H,3,7H2,1-2H3,(H,19,21,22)/t12-,13-/m1/s1. The highest BCUT2D eigenvalue weighted by molar-refractivity contribution is 7.15. The molecule has 1 aromatic heterocycles. The maximum atomic E-state index is 12.3. The Balaban J connectivity index is 1.61. The van der Waals surface area contributed by atoms with Crippen molar-refractivity contribution in [2.24, 2.45) is 11.8 Å². The van der Waals surface area contributed by atoms with Crippen LogP contribution >= 0.6 is 34.5 Å². The van der Waals surface area contributed by atoms with Gasteiger partial charge in [-0.3, -0.25) is 4.79 Å². The molecule has 2 atom stereocenters. The monoisotopic (exact) mass is 369 g/mol. The van der Waals surface area contributed by atoms with E-state index in [4.69, 9.17) is 23.2 Å². The van der Waals surface area contributed by atoms with Gasteiger partial charge in [-0.2, -0.15) is 0 Å². The molecule has 1 heterocycles. The Morgan fingerprint density at radius 2 is 2.00 bits per heavy atom. The number of carbonyl (C=O) groups is 1. The first-order valence-corrected chi connectivity index (χ1v) is 9.09. The summed E-state index contributed by atoms with van der Waals surface area (Å²) in [6, 6.07) is 5.44. The SMILES string of the molecule is CC(C)Cc1nnc(NC(=O)[C@@H]2C[C@@H]2c2cc(Cl)cc(Cl)c2)s1. The molecular weight excluding hydrogens is 353 g/mol. The third-order valence-electron chi connectivity index (χ3n) is 3.72. The predicted molar refractivity (Wildman–Crippen MR) is 94.4 cm³/mol. The molecule has 1 aromatic carbocycles. The third-order valence-corrected chi connectivity index (χ3v) is 5.02. The number of rotatable bonds is 5. The molecule has 4 nitrogen and oxygen atoms in total. The van der Waals surface area contributed by atoms with Crippen molar-refractivity contribution < 1.29 is 4.79 Å². The highest BCUT2D eigenvalue weighted by atomic mass is 35.5. The quantitative estimate of drug-likeness (QED) is 0.824. The number of aromatic nitrogens is 2. The number of anilines is 1. The second-order valence-electron chi connectivity index (χ2n) is 6.24. The van der Waals surface area contributed by atoms with Gasteiger partial charge in [0.1, 0.15) is 5.01 Å². The molecule has 1 fully saturated rings. The summed E-state index contributed by atoms with van der Waals surface area (Å²) >= 11 is 13.5. The Hall–Kier alpha value is -1.17. The second-order valence-corrected chi connectivity index (χ2v) is 8.17. The zero-order valence-electron chi connectivity index (χ0n) is 12.8. The molecule has 122 valence electrons. The molecule has 1 aliphatic rings. The van der Waals surface area contributed by atoms with Crippen LogP contribution in [0.2, 0.25) is 10.0 Å². The maximum absolute atomic E-state index is 12.3. The number of halogens is 2. The number of amides is 1. The highest BCUT2D eigenvalue weighted by Crippen LogP contribution is 2.49. The number of hydrogen-bond donors (Lipinski definition) is 1. The van der Waals surface area contributed by atoms with E-state index >= 15 is 0 Å². The van der Waals surface area contributed by atoms with E-state index in [2.05, 4.69) is 29.4 Å². The molecule has 0 saturated heterocycles. The largest absolute Gasteiger partial charge is 0.300 e. The lowest BCUT2D eigenvalue weighted by Crippen LogP contribution is -2.14. The van der Waals surface area contributed by atoms with Gasteiger partial charge in [0.2, 0.25) is 11.0 Å². The Morgan fingerprint density at radius 3 is 2.65 bits per heavy atom. The topological polar surface area (TPSA) is 54.9 Å². The van der Waals surface area contributed by atoms with Crippen LogP contribution in [-0.2, 0) is 11.2 Å². The number of nitrogens with zero attached hydrogens (tertiary/aromatic N) is 2. The van der Waals surface area contributed by atoms with Gasteiger partial charge in [0.25, 0.3) is 0 Å². The maximum Gasteiger partial charge on any atom is 0.229 e. The summed E-state index contributed by atoms with van der Waals surface area (Å²) in [5.74, 6) is 0.626. The molecule has 0 spiro atoms. The Kier molecular flexibility index (Phi) is 4.90. The Labute approximate surface area is 149 Å². The molecular formula is C16H17Cl2N3OS. The fourth-order valence-corrected chi connectivity index (χ4v) is 4.07. The zero-order chi connectivity index (χ0) is 16.6. The molecule has 3 rings (SSSR count). The van der Waals surface area contributed by atoms with Gasteiger partial charge in [-0.25, -0.2) is 0 Å². The van der Waals surface area contributed by atoms with E-state index in [1.165, 1.54) is 11.3 Å². The summed E-state index contributed by atoms with van der Waals surface area (Å²) in [5, 5.41) is 13.7. The van der Waals surface area contributed by atoms with Gasteiger partial charge in [-0.05, 0) is 42.0 Å². The third kappa shape index (κ3) is 4.22. The van der Waals surface area contributed by atoms with Crippen molar-refractivity contribution in [3.8, 4) is 0 Å². The first kappa shape index (κ1) is 16.7. The van der Waals surface area contributed by atoms with E-state index in [9.17, 15) is 4.79 Å². The van der Waals surface area contributed by atoms with Crippen molar-refractivity contribution in [1.82, 2.24) is 10.2 Å². The number of nitrogens with one attached hydrogen (secondary N) is 1. The first-order chi connectivity index (χ1) is 10.9. The molecule has 7 heteroatoms. The van der Waals surface area contributed by atoms with Crippen molar-refractivity contribution in [3.63, 3.8) is 0 Å². The number of hydrogen-bond acceptors (Lipinski definition) is 4. The molecule has 0 bridgehead atoms. The van der Waals surface area contributed by atoms with E-state index in [0.717, 1.165) is 23.4 Å². The molecule has 0 unspecified atom stereocenters. The van der Waals surface area contributed by atoms with Crippen molar-refractivity contribution >= 4 is 45.6 Å². The zero-order valence-corrected chi connectivity index (χ0v) is 15.2. The summed E-state index contributed by atoms with van der Waals surface area (Å²) in [5.41, 5.74) is 1.01. The molecule has 1 aliphatic carbocycles. The summed E-state index contributed by atoms with van der Waals surface area (Å²) in [6.45, 7) is 4.26. The number of carbonyl (C=O) groups excluding carboxylic acids is 1. The van der Waals surface area contributed by atoms with Crippen LogP contribution in [0.3, 0.4) is 0 Å². The van der Waals surface area contributed by atoms with Gasteiger partial charge in [0.05, 0.1) is 0 Å². The smallest absolute Gasteiger partial charge is 0.229 e. The van der Waals surface area contributed by atoms with Crippen molar-refractivity contribution in [2.45, 2.75) is 32.6 Å². The van der Waals surface area contributed by atoms with Gasteiger partial charge in [-0.1, -0.05) is 48.4 Å². The van der Waals surface area contributed by atoms with Crippen molar-refractivity contribution in [3.05, 3.63) is 38.8 Å². The van der Waals surface area contributed by atoms with Crippen molar-refractivity contribution in [1.29, 1.82) is 0 Å². The van der Waals surface area contributed by atoms with E-state index in [1.54, 1.807) is 6.07 Å². The van der Waals surface area contributed by atoms with Crippen LogP contribution < -0.4 is 5.32 Å². The van der Waals surface area contributed by atoms with Crippen LogP contribution in [-0.4, -0.2) is 16.1 Å². The minimum atomic E-state index is -0.0537. The van der Waals surface area contributed by atoms with E-state index in [0.29, 0.717) is 21.1 Å². The molecule has 0 radical (unpaired) electrons. The lowest BCUT2D eigenvalue weighted by Gasteiger charge is -2.03. The van der Waals surface area contributed by atoms with Gasteiger partial charge in [0.15, 0.2) is 0 Å². The van der Waals surface area contributed by atoms with Crippen LogP contribution in [0, 0.1) is 11.8 Å². The van der Waals surface area contributed by atoms with Crippen LogP contribution in [0.25, 0.3) is 0 Å². The fourth-order valence-electron chi connectivity index (χ4n) is 2.58. The lowest BCUT2D eigenvalue weighted by molar-refractivity contribution is -0.117. The highest BCUT2D eigenvalue weighted by Gasteiger charge is 2.44. The average molecular weight is 370 g/mol. The summed E-state index contributed by atoms with van der Waals surface area (Å²) in [7, 11) is 0. The summed E-state index contributed by atoms with van der Waals surface area (Å²) < 4.78 is 0. The Morgan fingerprint density at radius 1 is 1.30 bits per heavy atom. The second kappa shape index (κ2) is 6.75. The molecule has 1 N–H and O–H groups in total. The lowest BCUT2D eigenvalue weighted by atomic mass is 10.1. The minimum absolute atomic E-state index is 0.0154. The van der Waals surface area contributed by atoms with Gasteiger partial charge < -0.3 is 5.32 Å². The average Bonchev–Trinajstić information content (AvgIpc) is 3.14. The van der Waals surface area contributed by atoms with Crippen molar-refractivity contribution in [2.75, 3.05) is 5.32 Å². The predicted octanol–water partition coefficient (Wildman–Crippen LogP) is 4.79. The van der Waals surface area contributed by atoms with Crippen LogP contribution in [0.1, 0.15) is 36.8 Å². The van der Waals surface area contributed by atoms with Gasteiger partial charge in [-0.15, -0.1) is 10.2 Å². The normalized spacial score (nSPS) is 19.9. The summed E-state index contributed by atoms with van der Waals surface area (Å²) in [6.07, 6.45) is 1.68. The molecule has 1 amide bonds.